The second-order valence-corrected chi connectivity index (χ2v) is 5.57. The first-order valence-electron chi connectivity index (χ1n) is 7.32. The van der Waals surface area contributed by atoms with Gasteiger partial charge in [0.05, 0.1) is 19.6 Å². The predicted molar refractivity (Wildman–Crippen MR) is 81.5 cm³/mol. The largest absolute Gasteiger partial charge is 0.497 e. The number of aliphatic hydroxyl groups is 1. The molecule has 6 heteroatoms. The van der Waals surface area contributed by atoms with Gasteiger partial charge in [0.1, 0.15) is 5.75 Å². The van der Waals surface area contributed by atoms with Gasteiger partial charge in [0, 0.05) is 32.5 Å². The molecule has 0 radical (unpaired) electrons. The van der Waals surface area contributed by atoms with Crippen molar-refractivity contribution in [2.45, 2.75) is 19.4 Å². The zero-order valence-corrected chi connectivity index (χ0v) is 12.9. The number of nitrogens with zero attached hydrogens (tertiary/aromatic N) is 1. The van der Waals surface area contributed by atoms with Crippen molar-refractivity contribution in [3.63, 3.8) is 0 Å². The molecule has 0 aromatic heterocycles. The number of benzene rings is 1. The van der Waals surface area contributed by atoms with Gasteiger partial charge in [-0.3, -0.25) is 9.59 Å². The Hall–Kier alpha value is -2.08. The van der Waals surface area contributed by atoms with Gasteiger partial charge in [0.2, 0.25) is 11.8 Å². The highest BCUT2D eigenvalue weighted by Gasteiger charge is 2.35. The van der Waals surface area contributed by atoms with Gasteiger partial charge in [0.25, 0.3) is 0 Å². The standard InChI is InChI=1S/C16H22N2O4/c1-11(20)17-15-9-18(8-13(15)10-19)16(21)7-12-3-5-14(22-2)6-4-12/h3-6,13,15,19H,7-10H2,1-2H3,(H,17,20)/t13-,15+/m0/s1. The zero-order chi connectivity index (χ0) is 16.1. The SMILES string of the molecule is COc1ccc(CC(=O)N2C[C@@H](CO)[C@H](NC(C)=O)C2)cc1. The second kappa shape index (κ2) is 7.26. The minimum atomic E-state index is -0.178. The molecule has 120 valence electrons. The van der Waals surface area contributed by atoms with Crippen molar-refractivity contribution in [3.05, 3.63) is 29.8 Å². The molecule has 1 saturated heterocycles. The van der Waals surface area contributed by atoms with Gasteiger partial charge < -0.3 is 20.1 Å². The number of carbonyl (C=O) groups is 2. The average Bonchev–Trinajstić information content (AvgIpc) is 2.90. The summed E-state index contributed by atoms with van der Waals surface area (Å²) in [5.41, 5.74) is 0.911. The summed E-state index contributed by atoms with van der Waals surface area (Å²) in [6.07, 6.45) is 0.301. The summed E-state index contributed by atoms with van der Waals surface area (Å²) in [6.45, 7) is 2.31. The Morgan fingerprint density at radius 3 is 2.55 bits per heavy atom. The minimum absolute atomic E-state index is 0.00327. The van der Waals surface area contributed by atoms with Crippen LogP contribution in [0.5, 0.6) is 5.75 Å². The quantitative estimate of drug-likeness (QED) is 0.814. The normalized spacial score (nSPS) is 20.8. The van der Waals surface area contributed by atoms with Crippen LogP contribution in [0.15, 0.2) is 24.3 Å². The fraction of sp³-hybridized carbons (Fsp3) is 0.500. The van der Waals surface area contributed by atoms with Crippen molar-refractivity contribution in [3.8, 4) is 5.75 Å². The lowest BCUT2D eigenvalue weighted by atomic mass is 10.1. The highest BCUT2D eigenvalue weighted by atomic mass is 16.5. The van der Waals surface area contributed by atoms with Crippen LogP contribution in [0.4, 0.5) is 0 Å². The van der Waals surface area contributed by atoms with Crippen LogP contribution in [0.25, 0.3) is 0 Å². The van der Waals surface area contributed by atoms with Gasteiger partial charge in [0.15, 0.2) is 0 Å². The molecule has 0 bridgehead atoms. The molecule has 1 heterocycles. The van der Waals surface area contributed by atoms with Crippen molar-refractivity contribution < 1.29 is 19.4 Å². The number of hydrogen-bond donors (Lipinski definition) is 2. The maximum atomic E-state index is 12.4. The van der Waals surface area contributed by atoms with E-state index in [4.69, 9.17) is 4.74 Å². The van der Waals surface area contributed by atoms with E-state index in [0.717, 1.165) is 11.3 Å². The minimum Gasteiger partial charge on any atom is -0.497 e. The lowest BCUT2D eigenvalue weighted by Gasteiger charge is -2.17. The second-order valence-electron chi connectivity index (χ2n) is 5.57. The number of nitrogens with one attached hydrogen (secondary N) is 1. The Morgan fingerprint density at radius 2 is 2.00 bits per heavy atom. The van der Waals surface area contributed by atoms with Crippen molar-refractivity contribution in [1.82, 2.24) is 10.2 Å². The molecule has 6 nitrogen and oxygen atoms in total. The number of amides is 2. The lowest BCUT2D eigenvalue weighted by molar-refractivity contribution is -0.130. The zero-order valence-electron chi connectivity index (χ0n) is 12.9. The summed E-state index contributed by atoms with van der Waals surface area (Å²) in [4.78, 5) is 25.2. The fourth-order valence-electron chi connectivity index (χ4n) is 2.71. The van der Waals surface area contributed by atoms with Crippen molar-refractivity contribution in [1.29, 1.82) is 0 Å². The first kappa shape index (κ1) is 16.3. The molecule has 0 saturated carbocycles. The van der Waals surface area contributed by atoms with E-state index < -0.39 is 0 Å². The number of rotatable bonds is 5. The van der Waals surface area contributed by atoms with E-state index in [0.29, 0.717) is 19.5 Å². The molecule has 0 unspecified atom stereocenters. The van der Waals surface area contributed by atoms with Crippen LogP contribution in [0, 0.1) is 5.92 Å². The highest BCUT2D eigenvalue weighted by molar-refractivity contribution is 5.79. The van der Waals surface area contributed by atoms with Gasteiger partial charge in [-0.25, -0.2) is 0 Å². The van der Waals surface area contributed by atoms with Gasteiger partial charge in [-0.05, 0) is 17.7 Å². The maximum Gasteiger partial charge on any atom is 0.227 e. The van der Waals surface area contributed by atoms with E-state index in [1.165, 1.54) is 6.92 Å². The van der Waals surface area contributed by atoms with E-state index in [-0.39, 0.29) is 30.4 Å². The fourth-order valence-corrected chi connectivity index (χ4v) is 2.71. The molecule has 0 aliphatic carbocycles. The molecule has 1 aliphatic heterocycles. The smallest absolute Gasteiger partial charge is 0.227 e. The number of ether oxygens (including phenoxy) is 1. The molecule has 1 aliphatic rings. The summed E-state index contributed by atoms with van der Waals surface area (Å²) < 4.78 is 5.09. The molecule has 22 heavy (non-hydrogen) atoms. The predicted octanol–water partition coefficient (Wildman–Crippen LogP) is 0.193. The van der Waals surface area contributed by atoms with E-state index in [1.807, 2.05) is 24.3 Å². The number of likely N-dealkylation sites (tertiary alicyclic amines) is 1. The summed E-state index contributed by atoms with van der Waals surface area (Å²) >= 11 is 0. The molecule has 2 atom stereocenters. The van der Waals surface area contributed by atoms with Gasteiger partial charge in [-0.2, -0.15) is 0 Å². The third kappa shape index (κ3) is 3.98. The Bertz CT molecular complexity index is 529. The molecule has 2 N–H and O–H groups in total. The average molecular weight is 306 g/mol. The topological polar surface area (TPSA) is 78.9 Å². The summed E-state index contributed by atoms with van der Waals surface area (Å²) in [7, 11) is 1.60. The van der Waals surface area contributed by atoms with Crippen molar-refractivity contribution in [2.75, 3.05) is 26.8 Å². The lowest BCUT2D eigenvalue weighted by Crippen LogP contribution is -2.40. The third-order valence-electron chi connectivity index (χ3n) is 3.93. The van der Waals surface area contributed by atoms with Gasteiger partial charge in [-0.1, -0.05) is 12.1 Å². The molecule has 2 rings (SSSR count). The summed E-state index contributed by atoms with van der Waals surface area (Å²) in [5.74, 6) is 0.497. The Labute approximate surface area is 130 Å². The number of aliphatic hydroxyl groups excluding tert-OH is 1. The monoisotopic (exact) mass is 306 g/mol. The van der Waals surface area contributed by atoms with E-state index in [1.54, 1.807) is 12.0 Å². The Balaban J connectivity index is 1.96. The van der Waals surface area contributed by atoms with E-state index in [2.05, 4.69) is 5.32 Å². The Kier molecular flexibility index (Phi) is 5.38. The first-order chi connectivity index (χ1) is 10.5. The molecule has 1 aromatic carbocycles. The van der Waals surface area contributed by atoms with Crippen LogP contribution in [-0.4, -0.2) is 54.7 Å². The molecule has 0 spiro atoms. The van der Waals surface area contributed by atoms with Crippen LogP contribution in [0.2, 0.25) is 0 Å². The van der Waals surface area contributed by atoms with Crippen LogP contribution in [0.3, 0.4) is 0 Å². The highest BCUT2D eigenvalue weighted by Crippen LogP contribution is 2.19. The van der Waals surface area contributed by atoms with Crippen LogP contribution < -0.4 is 10.1 Å². The molecular formula is C16H22N2O4. The molecule has 1 fully saturated rings. The Morgan fingerprint density at radius 1 is 1.32 bits per heavy atom. The van der Waals surface area contributed by atoms with Crippen LogP contribution in [0.1, 0.15) is 12.5 Å². The van der Waals surface area contributed by atoms with Gasteiger partial charge in [-0.15, -0.1) is 0 Å². The number of methoxy groups -OCH3 is 1. The van der Waals surface area contributed by atoms with E-state index >= 15 is 0 Å². The summed E-state index contributed by atoms with van der Waals surface area (Å²) in [5, 5.41) is 12.2. The molecular weight excluding hydrogens is 284 g/mol. The molecule has 2 amide bonds. The van der Waals surface area contributed by atoms with Crippen molar-refractivity contribution >= 4 is 11.8 Å². The third-order valence-corrected chi connectivity index (χ3v) is 3.93. The summed E-state index contributed by atoms with van der Waals surface area (Å²) in [6, 6.07) is 7.19. The van der Waals surface area contributed by atoms with Gasteiger partial charge >= 0.3 is 0 Å². The number of hydrogen-bond acceptors (Lipinski definition) is 4. The molecule has 1 aromatic rings. The number of carbonyl (C=O) groups excluding carboxylic acids is 2. The van der Waals surface area contributed by atoms with Crippen LogP contribution >= 0.6 is 0 Å². The van der Waals surface area contributed by atoms with Crippen LogP contribution in [-0.2, 0) is 16.0 Å². The maximum absolute atomic E-state index is 12.4. The van der Waals surface area contributed by atoms with E-state index in [9.17, 15) is 14.7 Å². The first-order valence-corrected chi connectivity index (χ1v) is 7.32. The van der Waals surface area contributed by atoms with Crippen molar-refractivity contribution in [2.24, 2.45) is 5.92 Å².